The van der Waals surface area contributed by atoms with Crippen LogP contribution in [0.25, 0.3) is 11.4 Å². The molecule has 0 aliphatic carbocycles. The monoisotopic (exact) mass is 546 g/mol. The maximum absolute atomic E-state index is 12.7. The van der Waals surface area contributed by atoms with E-state index in [1.165, 1.54) is 42.6 Å². The first-order valence-electron chi connectivity index (χ1n) is 10.3. The second-order valence-electron chi connectivity index (χ2n) is 7.47. The number of aromatic hydroxyl groups is 1. The van der Waals surface area contributed by atoms with Crippen molar-refractivity contribution in [2.75, 3.05) is 0 Å². The van der Waals surface area contributed by atoms with E-state index in [0.29, 0.717) is 11.6 Å². The number of hydrogen-bond acceptors (Lipinski definition) is 4. The van der Waals surface area contributed by atoms with E-state index in [9.17, 15) is 39.5 Å². The first-order valence-corrected chi connectivity index (χ1v) is 10.3. The Morgan fingerprint density at radius 2 is 1.16 bits per heavy atom. The summed E-state index contributed by atoms with van der Waals surface area (Å²) < 4.78 is 117. The van der Waals surface area contributed by atoms with Gasteiger partial charge in [-0.1, -0.05) is 24.3 Å². The Labute approximate surface area is 209 Å². The average Bonchev–Trinajstić information content (AvgIpc) is 2.83. The minimum Gasteiger partial charge on any atom is -0.508 e. The van der Waals surface area contributed by atoms with Crippen LogP contribution in [0.4, 0.5) is 39.5 Å². The zero-order valence-electron chi connectivity index (χ0n) is 18.7. The molecule has 4 aromatic rings. The van der Waals surface area contributed by atoms with Gasteiger partial charge >= 0.3 is 18.5 Å². The molecule has 1 aromatic heterocycles. The van der Waals surface area contributed by atoms with Crippen LogP contribution in [0.1, 0.15) is 16.7 Å². The molecule has 4 rings (SSSR count). The standard InChI is InChI=1S/C18H10F6N2O.C7H5F3O/c19-17(20,21)12-6-4-11(5-7-12)16-25-9-8-15(26-16)27-14-3-1-2-13(10-14)18(22,23)24;8-7(9,10)5-2-1-3-6(11)4-5/h1-10H;1-4,11H. The number of hydrogen-bond donors (Lipinski definition) is 1. The van der Waals surface area contributed by atoms with Crippen molar-refractivity contribution >= 4 is 0 Å². The van der Waals surface area contributed by atoms with Crippen molar-refractivity contribution < 1.29 is 49.4 Å². The second kappa shape index (κ2) is 11.0. The number of nitrogens with zero attached hydrogens (tertiary/aromatic N) is 2. The van der Waals surface area contributed by atoms with Gasteiger partial charge in [-0.2, -0.15) is 44.5 Å². The zero-order chi connectivity index (χ0) is 28.1. The van der Waals surface area contributed by atoms with Gasteiger partial charge < -0.3 is 9.84 Å². The summed E-state index contributed by atoms with van der Waals surface area (Å²) >= 11 is 0. The average molecular weight is 546 g/mol. The summed E-state index contributed by atoms with van der Waals surface area (Å²) in [7, 11) is 0. The van der Waals surface area contributed by atoms with Gasteiger partial charge in [-0.3, -0.25) is 0 Å². The molecule has 1 N–H and O–H groups in total. The van der Waals surface area contributed by atoms with Gasteiger partial charge in [0.05, 0.1) is 16.7 Å². The van der Waals surface area contributed by atoms with Crippen LogP contribution in [0.15, 0.2) is 85.1 Å². The number of alkyl halides is 9. The van der Waals surface area contributed by atoms with E-state index in [-0.39, 0.29) is 23.2 Å². The number of benzene rings is 3. The van der Waals surface area contributed by atoms with Crippen molar-refractivity contribution in [1.82, 2.24) is 9.97 Å². The number of aromatic nitrogens is 2. The van der Waals surface area contributed by atoms with Gasteiger partial charge in [-0.05, 0) is 48.5 Å². The molecule has 38 heavy (non-hydrogen) atoms. The van der Waals surface area contributed by atoms with E-state index in [1.54, 1.807) is 0 Å². The molecule has 0 unspecified atom stereocenters. The molecular weight excluding hydrogens is 531 g/mol. The molecule has 0 fully saturated rings. The Morgan fingerprint density at radius 1 is 0.605 bits per heavy atom. The molecule has 0 aliphatic heterocycles. The summed E-state index contributed by atoms with van der Waals surface area (Å²) in [4.78, 5) is 7.97. The van der Waals surface area contributed by atoms with Crippen LogP contribution < -0.4 is 4.74 Å². The van der Waals surface area contributed by atoms with Gasteiger partial charge in [0.15, 0.2) is 5.82 Å². The highest BCUT2D eigenvalue weighted by molar-refractivity contribution is 5.56. The van der Waals surface area contributed by atoms with Crippen LogP contribution in [0.2, 0.25) is 0 Å². The van der Waals surface area contributed by atoms with Crippen LogP contribution in [0, 0.1) is 0 Å². The second-order valence-corrected chi connectivity index (χ2v) is 7.47. The highest BCUT2D eigenvalue weighted by Gasteiger charge is 2.32. The summed E-state index contributed by atoms with van der Waals surface area (Å²) in [6, 6.07) is 13.7. The molecule has 0 amide bonds. The van der Waals surface area contributed by atoms with Crippen molar-refractivity contribution in [2.24, 2.45) is 0 Å². The molecule has 0 saturated carbocycles. The molecule has 1 heterocycles. The summed E-state index contributed by atoms with van der Waals surface area (Å²) in [5.74, 6) is -0.422. The largest absolute Gasteiger partial charge is 0.508 e. The van der Waals surface area contributed by atoms with E-state index in [1.807, 2.05) is 0 Å². The number of phenolic OH excluding ortho intramolecular Hbond substituents is 1. The third-order valence-electron chi connectivity index (χ3n) is 4.66. The normalized spacial score (nSPS) is 11.9. The van der Waals surface area contributed by atoms with Crippen molar-refractivity contribution in [3.05, 3.63) is 102 Å². The van der Waals surface area contributed by atoms with Crippen LogP contribution >= 0.6 is 0 Å². The van der Waals surface area contributed by atoms with E-state index in [2.05, 4.69) is 9.97 Å². The first kappa shape index (κ1) is 28.3. The maximum atomic E-state index is 12.7. The van der Waals surface area contributed by atoms with Crippen LogP contribution in [0.5, 0.6) is 17.4 Å². The molecule has 3 aromatic carbocycles. The molecule has 0 bridgehead atoms. The van der Waals surface area contributed by atoms with Gasteiger partial charge in [-0.15, -0.1) is 0 Å². The smallest absolute Gasteiger partial charge is 0.416 e. The number of phenols is 1. The lowest BCUT2D eigenvalue weighted by molar-refractivity contribution is -0.138. The number of ether oxygens (including phenoxy) is 1. The Morgan fingerprint density at radius 3 is 1.68 bits per heavy atom. The Bertz CT molecular complexity index is 1370. The first-order chi connectivity index (χ1) is 17.6. The molecule has 4 nitrogen and oxygen atoms in total. The zero-order valence-corrected chi connectivity index (χ0v) is 18.7. The van der Waals surface area contributed by atoms with Crippen molar-refractivity contribution in [3.8, 4) is 28.8 Å². The van der Waals surface area contributed by atoms with Crippen molar-refractivity contribution in [2.45, 2.75) is 18.5 Å². The number of rotatable bonds is 3. The molecule has 0 spiro atoms. The quantitative estimate of drug-likeness (QED) is 0.262. The van der Waals surface area contributed by atoms with Crippen molar-refractivity contribution in [3.63, 3.8) is 0 Å². The lowest BCUT2D eigenvalue weighted by Gasteiger charge is -2.10. The minimum atomic E-state index is -4.52. The summed E-state index contributed by atoms with van der Waals surface area (Å²) in [6.07, 6.45) is -12.1. The SMILES string of the molecule is FC(F)(F)c1ccc(-c2nccc(Oc3cccc(C(F)(F)F)c3)n2)cc1.Oc1cccc(C(F)(F)F)c1. The van der Waals surface area contributed by atoms with Gasteiger partial charge in [0.25, 0.3) is 0 Å². The molecule has 200 valence electrons. The summed E-state index contributed by atoms with van der Waals surface area (Å²) in [6.45, 7) is 0. The summed E-state index contributed by atoms with van der Waals surface area (Å²) in [5, 5.41) is 8.68. The predicted molar refractivity (Wildman–Crippen MR) is 117 cm³/mol. The molecule has 0 atom stereocenters. The lowest BCUT2D eigenvalue weighted by Crippen LogP contribution is -2.04. The van der Waals surface area contributed by atoms with Gasteiger partial charge in [0.2, 0.25) is 5.88 Å². The number of halogens is 9. The fraction of sp³-hybridized carbons (Fsp3) is 0.120. The van der Waals surface area contributed by atoms with E-state index in [4.69, 9.17) is 9.84 Å². The van der Waals surface area contributed by atoms with Crippen LogP contribution in [-0.4, -0.2) is 15.1 Å². The maximum Gasteiger partial charge on any atom is 0.416 e. The van der Waals surface area contributed by atoms with E-state index in [0.717, 1.165) is 36.4 Å². The fourth-order valence-corrected chi connectivity index (χ4v) is 2.89. The lowest BCUT2D eigenvalue weighted by atomic mass is 10.1. The van der Waals surface area contributed by atoms with Gasteiger partial charge in [0.1, 0.15) is 11.5 Å². The highest BCUT2D eigenvalue weighted by atomic mass is 19.4. The molecule has 0 aliphatic rings. The Kier molecular flexibility index (Phi) is 8.18. The Balaban J connectivity index is 0.000000304. The van der Waals surface area contributed by atoms with Crippen LogP contribution in [-0.2, 0) is 18.5 Å². The topological polar surface area (TPSA) is 55.2 Å². The molecule has 0 radical (unpaired) electrons. The molecular formula is C25H15F9N2O2. The van der Waals surface area contributed by atoms with Crippen LogP contribution in [0.3, 0.4) is 0 Å². The van der Waals surface area contributed by atoms with Gasteiger partial charge in [-0.25, -0.2) is 4.98 Å². The highest BCUT2D eigenvalue weighted by Crippen LogP contribution is 2.34. The Hall–Kier alpha value is -4.29. The molecule has 13 heteroatoms. The minimum absolute atomic E-state index is 0.0424. The predicted octanol–water partition coefficient (Wildman–Crippen LogP) is 8.38. The fourth-order valence-electron chi connectivity index (χ4n) is 2.89. The third kappa shape index (κ3) is 7.85. The van der Waals surface area contributed by atoms with E-state index < -0.39 is 35.2 Å². The van der Waals surface area contributed by atoms with Crippen molar-refractivity contribution in [1.29, 1.82) is 0 Å². The third-order valence-corrected chi connectivity index (χ3v) is 4.66. The molecule has 0 saturated heterocycles. The van der Waals surface area contributed by atoms with Gasteiger partial charge in [0, 0.05) is 17.8 Å². The van der Waals surface area contributed by atoms with E-state index >= 15 is 0 Å². The summed E-state index contributed by atoms with van der Waals surface area (Å²) in [5.41, 5.74) is -2.23.